The molecule has 0 aromatic carbocycles. The van der Waals surface area contributed by atoms with E-state index in [-0.39, 0.29) is 12.5 Å². The fraction of sp³-hybridized carbons (Fsp3) is 0.860. The van der Waals surface area contributed by atoms with Crippen LogP contribution in [0.1, 0.15) is 219 Å². The third-order valence-electron chi connectivity index (χ3n) is 11.7. The molecule has 0 radical (unpaired) electrons. The summed E-state index contributed by atoms with van der Waals surface area (Å²) in [5.41, 5.74) is 0. The van der Waals surface area contributed by atoms with Gasteiger partial charge in [0.15, 0.2) is 6.29 Å². The van der Waals surface area contributed by atoms with Gasteiger partial charge < -0.3 is 40.3 Å². The molecule has 7 atom stereocenters. The summed E-state index contributed by atoms with van der Waals surface area (Å²) in [7, 11) is 0. The highest BCUT2D eigenvalue weighted by Gasteiger charge is 2.44. The van der Waals surface area contributed by atoms with Gasteiger partial charge in [-0.3, -0.25) is 4.79 Å². The smallest absolute Gasteiger partial charge is 0.220 e. The van der Waals surface area contributed by atoms with E-state index in [1.165, 1.54) is 161 Å². The number of aliphatic hydroxyl groups is 5. The van der Waals surface area contributed by atoms with E-state index in [1.807, 2.05) is 6.08 Å². The van der Waals surface area contributed by atoms with E-state index < -0.39 is 49.5 Å². The minimum atomic E-state index is -1.57. The van der Waals surface area contributed by atoms with E-state index in [2.05, 4.69) is 43.5 Å². The SMILES string of the molecule is CCCCCCCCCC/C=C\CCCCCCCCCCCC(=O)NC(COC1OC(CO)C(O)C(O)C1O)C(O)/C=C/CC/C=C/CCCCCCCCCCC. The Morgan fingerprint density at radius 3 is 1.42 bits per heavy atom. The van der Waals surface area contributed by atoms with Crippen molar-refractivity contribution in [3.63, 3.8) is 0 Å². The Kier molecular flexibility index (Phi) is 38.0. The summed E-state index contributed by atoms with van der Waals surface area (Å²) in [5, 5.41) is 54.2. The molecule has 7 unspecified atom stereocenters. The lowest BCUT2D eigenvalue weighted by Gasteiger charge is -2.40. The quantitative estimate of drug-likeness (QED) is 0.0263. The van der Waals surface area contributed by atoms with Crippen LogP contribution >= 0.6 is 0 Å². The molecule has 9 nitrogen and oxygen atoms in total. The van der Waals surface area contributed by atoms with E-state index >= 15 is 0 Å². The standard InChI is InChI=1S/C50H93NO8/c1-3-5-7-9-11-13-15-17-19-20-21-22-23-24-26-28-30-32-34-36-38-40-46(54)51-43(42-58-50-49(57)48(56)47(55)45(41-52)59-50)44(53)39-37-35-33-31-29-27-25-18-16-14-12-10-8-6-4-2/h20-21,29,31,37,39,43-45,47-50,52-53,55-57H,3-19,22-28,30,32-36,38,40-42H2,1-2H3,(H,51,54)/b21-20-,31-29+,39-37+. The number of unbranched alkanes of at least 4 members (excludes halogenated alkanes) is 27. The number of hydrogen-bond donors (Lipinski definition) is 6. The molecule has 1 heterocycles. The molecule has 1 aliphatic heterocycles. The molecule has 0 aromatic rings. The zero-order valence-corrected chi connectivity index (χ0v) is 38.0. The second-order valence-electron chi connectivity index (χ2n) is 17.2. The lowest BCUT2D eigenvalue weighted by molar-refractivity contribution is -0.302. The molecule has 6 N–H and O–H groups in total. The Morgan fingerprint density at radius 2 is 0.966 bits per heavy atom. The first-order chi connectivity index (χ1) is 28.8. The second kappa shape index (κ2) is 40.5. The number of amides is 1. The summed E-state index contributed by atoms with van der Waals surface area (Å²) in [6, 6.07) is -0.821. The Hall–Kier alpha value is -1.59. The average Bonchev–Trinajstić information content (AvgIpc) is 3.23. The van der Waals surface area contributed by atoms with Gasteiger partial charge in [-0.1, -0.05) is 192 Å². The number of ether oxygens (including phenoxy) is 2. The average molecular weight is 836 g/mol. The van der Waals surface area contributed by atoms with Crippen molar-refractivity contribution in [2.75, 3.05) is 13.2 Å². The first-order valence-electron chi connectivity index (χ1n) is 24.7. The highest BCUT2D eigenvalue weighted by Crippen LogP contribution is 2.23. The topological polar surface area (TPSA) is 149 Å². The van der Waals surface area contributed by atoms with Gasteiger partial charge in [0.1, 0.15) is 24.4 Å². The molecule has 1 rings (SSSR count). The Bertz CT molecular complexity index is 1020. The summed E-state index contributed by atoms with van der Waals surface area (Å²) in [5.74, 6) is -0.189. The van der Waals surface area contributed by atoms with Crippen molar-refractivity contribution in [1.82, 2.24) is 5.32 Å². The number of carbonyl (C=O) groups is 1. The first-order valence-corrected chi connectivity index (χ1v) is 24.7. The summed E-state index contributed by atoms with van der Waals surface area (Å²) in [6.07, 6.45) is 43.3. The fourth-order valence-corrected chi connectivity index (χ4v) is 7.70. The molecule has 0 spiro atoms. The molecule has 346 valence electrons. The maximum absolute atomic E-state index is 13.0. The third-order valence-corrected chi connectivity index (χ3v) is 11.7. The first kappa shape index (κ1) is 55.4. The van der Waals surface area contributed by atoms with Gasteiger partial charge in [-0.25, -0.2) is 0 Å². The van der Waals surface area contributed by atoms with Gasteiger partial charge in [0.05, 0.1) is 25.4 Å². The highest BCUT2D eigenvalue weighted by atomic mass is 16.7. The molecule has 0 saturated carbocycles. The fourth-order valence-electron chi connectivity index (χ4n) is 7.70. The predicted molar refractivity (Wildman–Crippen MR) is 244 cm³/mol. The largest absolute Gasteiger partial charge is 0.394 e. The number of nitrogens with one attached hydrogen (secondary N) is 1. The van der Waals surface area contributed by atoms with Crippen LogP contribution in [0.25, 0.3) is 0 Å². The van der Waals surface area contributed by atoms with Crippen LogP contribution < -0.4 is 5.32 Å². The van der Waals surface area contributed by atoms with Crippen LogP contribution in [-0.4, -0.2) is 87.5 Å². The van der Waals surface area contributed by atoms with Crippen molar-refractivity contribution in [2.24, 2.45) is 0 Å². The van der Waals surface area contributed by atoms with Crippen molar-refractivity contribution >= 4 is 5.91 Å². The molecule has 0 aliphatic carbocycles. The molecule has 0 aromatic heterocycles. The maximum Gasteiger partial charge on any atom is 0.220 e. The monoisotopic (exact) mass is 836 g/mol. The van der Waals surface area contributed by atoms with Crippen molar-refractivity contribution in [2.45, 2.75) is 262 Å². The summed E-state index contributed by atoms with van der Waals surface area (Å²) < 4.78 is 11.2. The number of rotatable bonds is 41. The Morgan fingerprint density at radius 1 is 0.559 bits per heavy atom. The summed E-state index contributed by atoms with van der Waals surface area (Å²) in [6.45, 7) is 3.76. The molecule has 1 fully saturated rings. The highest BCUT2D eigenvalue weighted by molar-refractivity contribution is 5.76. The van der Waals surface area contributed by atoms with Gasteiger partial charge in [-0.2, -0.15) is 0 Å². The van der Waals surface area contributed by atoms with Crippen LogP contribution in [0.2, 0.25) is 0 Å². The van der Waals surface area contributed by atoms with Gasteiger partial charge in [0, 0.05) is 6.42 Å². The Balaban J connectivity index is 2.32. The van der Waals surface area contributed by atoms with Crippen molar-refractivity contribution in [3.05, 3.63) is 36.5 Å². The van der Waals surface area contributed by atoms with Gasteiger partial charge in [0.25, 0.3) is 0 Å². The molecular weight excluding hydrogens is 743 g/mol. The van der Waals surface area contributed by atoms with Crippen molar-refractivity contribution < 1.29 is 39.8 Å². The van der Waals surface area contributed by atoms with Crippen LogP contribution in [0.4, 0.5) is 0 Å². The van der Waals surface area contributed by atoms with E-state index in [9.17, 15) is 30.3 Å². The van der Waals surface area contributed by atoms with Gasteiger partial charge in [-0.15, -0.1) is 0 Å². The molecule has 9 heteroatoms. The van der Waals surface area contributed by atoms with E-state index in [0.717, 1.165) is 38.5 Å². The molecule has 1 aliphatic rings. The predicted octanol–water partition coefficient (Wildman–Crippen LogP) is 10.8. The second-order valence-corrected chi connectivity index (χ2v) is 17.2. The van der Waals surface area contributed by atoms with Crippen LogP contribution in [0.5, 0.6) is 0 Å². The normalized spacial score (nSPS) is 21.0. The van der Waals surface area contributed by atoms with Crippen LogP contribution in [0, 0.1) is 0 Å². The number of hydrogen-bond acceptors (Lipinski definition) is 8. The number of carbonyl (C=O) groups excluding carboxylic acids is 1. The van der Waals surface area contributed by atoms with E-state index in [1.54, 1.807) is 6.08 Å². The van der Waals surface area contributed by atoms with Crippen LogP contribution in [0.15, 0.2) is 36.5 Å². The summed E-state index contributed by atoms with van der Waals surface area (Å²) >= 11 is 0. The molecule has 1 saturated heterocycles. The molecule has 0 bridgehead atoms. The van der Waals surface area contributed by atoms with Crippen molar-refractivity contribution in [3.8, 4) is 0 Å². The van der Waals surface area contributed by atoms with Crippen LogP contribution in [0.3, 0.4) is 0 Å². The molecule has 59 heavy (non-hydrogen) atoms. The molecule has 1 amide bonds. The lowest BCUT2D eigenvalue weighted by atomic mass is 9.99. The van der Waals surface area contributed by atoms with Crippen molar-refractivity contribution in [1.29, 1.82) is 0 Å². The van der Waals surface area contributed by atoms with E-state index in [0.29, 0.717) is 6.42 Å². The zero-order chi connectivity index (χ0) is 43.0. The van der Waals surface area contributed by atoms with Gasteiger partial charge >= 0.3 is 0 Å². The van der Waals surface area contributed by atoms with E-state index in [4.69, 9.17) is 9.47 Å². The maximum atomic E-state index is 13.0. The van der Waals surface area contributed by atoms with Gasteiger partial charge in [-0.05, 0) is 57.8 Å². The number of allylic oxidation sites excluding steroid dienone is 5. The van der Waals surface area contributed by atoms with Gasteiger partial charge in [0.2, 0.25) is 5.91 Å². The number of aliphatic hydroxyl groups excluding tert-OH is 5. The minimum Gasteiger partial charge on any atom is -0.394 e. The lowest BCUT2D eigenvalue weighted by Crippen LogP contribution is -2.60. The third kappa shape index (κ3) is 31.0. The Labute approximate surface area is 361 Å². The van der Waals surface area contributed by atoms with Crippen LogP contribution in [-0.2, 0) is 14.3 Å². The zero-order valence-electron chi connectivity index (χ0n) is 38.0. The molecular formula is C50H93NO8. The summed E-state index contributed by atoms with van der Waals surface area (Å²) in [4.78, 5) is 13.0. The minimum absolute atomic E-state index is 0.189.